The zero-order valence-electron chi connectivity index (χ0n) is 6.24. The van der Waals surface area contributed by atoms with Crippen LogP contribution in [0.2, 0.25) is 0 Å². The molecule has 0 aromatic heterocycles. The van der Waals surface area contributed by atoms with Crippen LogP contribution in [0.1, 0.15) is 0 Å². The van der Waals surface area contributed by atoms with Gasteiger partial charge in [-0.25, -0.2) is 0 Å². The first-order chi connectivity index (χ1) is 5.57. The smallest absolute Gasteiger partial charge is 0.129 e. The summed E-state index contributed by atoms with van der Waals surface area (Å²) in [6.07, 6.45) is -4.70. The van der Waals surface area contributed by atoms with E-state index in [0.717, 1.165) is 0 Å². The number of ether oxygens (including phenoxy) is 1. The third-order valence-electron chi connectivity index (χ3n) is 1.87. The Kier molecular flexibility index (Phi) is 3.33. The van der Waals surface area contributed by atoms with Gasteiger partial charge in [-0.05, 0) is 0 Å². The molecule has 5 atom stereocenters. The molecule has 0 aromatic carbocycles. The summed E-state index contributed by atoms with van der Waals surface area (Å²) in [5.41, 5.74) is -0.874. The minimum atomic E-state index is -1.32. The van der Waals surface area contributed by atoms with Gasteiger partial charge in [-0.2, -0.15) is 0 Å². The Balaban J connectivity index is 2.63. The second-order valence-electron chi connectivity index (χ2n) is 2.72. The van der Waals surface area contributed by atoms with Crippen LogP contribution in [-0.2, 0) is 4.74 Å². The van der Waals surface area contributed by atoms with Gasteiger partial charge in [-0.15, -0.1) is 12.6 Å². The number of hydrogen-bond acceptors (Lipinski definition) is 6. The van der Waals surface area contributed by atoms with Gasteiger partial charge in [0.25, 0.3) is 0 Å². The number of rotatable bonds is 1. The lowest BCUT2D eigenvalue weighted by atomic mass is 10.0. The molecule has 6 heteroatoms. The SMILES string of the molecule is OC[C@H]1O[C@H](S)[C@@H](O)[C@H](O)[C@@H]1O. The zero-order valence-corrected chi connectivity index (χ0v) is 7.13. The molecular formula is C6H12O5S. The van der Waals surface area contributed by atoms with E-state index in [1.54, 1.807) is 0 Å². The zero-order chi connectivity index (χ0) is 9.30. The second kappa shape index (κ2) is 3.91. The Hall–Kier alpha value is 0.150. The summed E-state index contributed by atoms with van der Waals surface area (Å²) < 4.78 is 4.88. The van der Waals surface area contributed by atoms with E-state index in [4.69, 9.17) is 14.9 Å². The molecule has 0 saturated carbocycles. The lowest BCUT2D eigenvalue weighted by Crippen LogP contribution is -2.56. The summed E-state index contributed by atoms with van der Waals surface area (Å²) in [6, 6.07) is 0. The monoisotopic (exact) mass is 196 g/mol. The largest absolute Gasteiger partial charge is 0.394 e. The average molecular weight is 196 g/mol. The minimum absolute atomic E-state index is 0.415. The fourth-order valence-corrected chi connectivity index (χ4v) is 1.41. The van der Waals surface area contributed by atoms with E-state index in [2.05, 4.69) is 12.6 Å². The van der Waals surface area contributed by atoms with Gasteiger partial charge in [0.15, 0.2) is 0 Å². The molecule has 0 spiro atoms. The Bertz CT molecular complexity index is 150. The molecule has 1 fully saturated rings. The summed E-state index contributed by atoms with van der Waals surface area (Å²) >= 11 is 3.81. The second-order valence-corrected chi connectivity index (χ2v) is 3.23. The van der Waals surface area contributed by atoms with E-state index in [1.807, 2.05) is 0 Å². The van der Waals surface area contributed by atoms with Crippen LogP contribution in [0.25, 0.3) is 0 Å². The van der Waals surface area contributed by atoms with Gasteiger partial charge in [0.1, 0.15) is 29.9 Å². The Morgan fingerprint density at radius 2 is 1.67 bits per heavy atom. The van der Waals surface area contributed by atoms with Crippen molar-refractivity contribution in [1.29, 1.82) is 0 Å². The predicted octanol–water partition coefficient (Wildman–Crippen LogP) is -2.28. The Labute approximate surface area is 75.0 Å². The Morgan fingerprint density at radius 3 is 2.17 bits per heavy atom. The van der Waals surface area contributed by atoms with Crippen LogP contribution in [0, 0.1) is 0 Å². The first kappa shape index (κ1) is 10.2. The van der Waals surface area contributed by atoms with E-state index in [9.17, 15) is 10.2 Å². The molecule has 0 amide bonds. The molecule has 0 aliphatic carbocycles. The third kappa shape index (κ3) is 1.73. The molecule has 0 radical (unpaired) electrons. The van der Waals surface area contributed by atoms with E-state index < -0.39 is 36.5 Å². The highest BCUT2D eigenvalue weighted by atomic mass is 32.1. The van der Waals surface area contributed by atoms with Crippen molar-refractivity contribution in [2.24, 2.45) is 0 Å². The number of hydrogen-bond donors (Lipinski definition) is 5. The predicted molar refractivity (Wildman–Crippen MR) is 42.8 cm³/mol. The molecule has 1 rings (SSSR count). The van der Waals surface area contributed by atoms with Crippen LogP contribution >= 0.6 is 12.6 Å². The van der Waals surface area contributed by atoms with Crippen molar-refractivity contribution in [2.45, 2.75) is 29.9 Å². The highest BCUT2D eigenvalue weighted by Gasteiger charge is 2.41. The summed E-state index contributed by atoms with van der Waals surface area (Å²) in [4.78, 5) is 0. The summed E-state index contributed by atoms with van der Waals surface area (Å²) in [5, 5.41) is 36.2. The summed E-state index contributed by atoms with van der Waals surface area (Å²) in [5.74, 6) is 0. The van der Waals surface area contributed by atoms with Gasteiger partial charge >= 0.3 is 0 Å². The van der Waals surface area contributed by atoms with Crippen molar-refractivity contribution in [3.63, 3.8) is 0 Å². The van der Waals surface area contributed by atoms with Crippen molar-refractivity contribution in [3.05, 3.63) is 0 Å². The molecule has 72 valence electrons. The van der Waals surface area contributed by atoms with Crippen molar-refractivity contribution in [1.82, 2.24) is 0 Å². The summed E-state index contributed by atoms with van der Waals surface area (Å²) in [7, 11) is 0. The van der Waals surface area contributed by atoms with E-state index in [1.165, 1.54) is 0 Å². The minimum Gasteiger partial charge on any atom is -0.394 e. The van der Waals surface area contributed by atoms with Gasteiger partial charge in [0.2, 0.25) is 0 Å². The number of thiol groups is 1. The summed E-state index contributed by atoms with van der Waals surface area (Å²) in [6.45, 7) is -0.415. The molecule has 5 nitrogen and oxygen atoms in total. The molecule has 1 saturated heterocycles. The van der Waals surface area contributed by atoms with Gasteiger partial charge < -0.3 is 25.2 Å². The molecule has 12 heavy (non-hydrogen) atoms. The quantitative estimate of drug-likeness (QED) is 0.305. The van der Waals surface area contributed by atoms with Gasteiger partial charge in [-0.1, -0.05) is 0 Å². The number of aliphatic hydroxyl groups excluding tert-OH is 4. The van der Waals surface area contributed by atoms with Gasteiger partial charge in [0, 0.05) is 0 Å². The van der Waals surface area contributed by atoms with Gasteiger partial charge in [-0.3, -0.25) is 0 Å². The van der Waals surface area contributed by atoms with Crippen LogP contribution in [0.5, 0.6) is 0 Å². The molecular weight excluding hydrogens is 184 g/mol. The fraction of sp³-hybridized carbons (Fsp3) is 1.00. The van der Waals surface area contributed by atoms with Crippen LogP contribution in [0.4, 0.5) is 0 Å². The molecule has 0 unspecified atom stereocenters. The first-order valence-corrected chi connectivity index (χ1v) is 4.08. The van der Waals surface area contributed by atoms with Crippen molar-refractivity contribution in [2.75, 3.05) is 6.61 Å². The van der Waals surface area contributed by atoms with Crippen molar-refractivity contribution in [3.8, 4) is 0 Å². The molecule has 1 aliphatic rings. The highest BCUT2D eigenvalue weighted by Crippen LogP contribution is 2.22. The van der Waals surface area contributed by atoms with Crippen LogP contribution in [0.15, 0.2) is 0 Å². The van der Waals surface area contributed by atoms with Crippen LogP contribution in [0.3, 0.4) is 0 Å². The highest BCUT2D eigenvalue weighted by molar-refractivity contribution is 7.80. The van der Waals surface area contributed by atoms with Gasteiger partial charge in [0.05, 0.1) is 6.61 Å². The molecule has 4 N–H and O–H groups in total. The van der Waals surface area contributed by atoms with Crippen molar-refractivity contribution >= 4 is 12.6 Å². The van der Waals surface area contributed by atoms with E-state index in [-0.39, 0.29) is 0 Å². The lowest BCUT2D eigenvalue weighted by Gasteiger charge is -2.37. The van der Waals surface area contributed by atoms with Crippen molar-refractivity contribution < 1.29 is 25.2 Å². The van der Waals surface area contributed by atoms with Crippen LogP contribution < -0.4 is 0 Å². The molecule has 0 aromatic rings. The molecule has 1 aliphatic heterocycles. The lowest BCUT2D eigenvalue weighted by molar-refractivity contribution is -0.205. The van der Waals surface area contributed by atoms with Crippen LogP contribution in [-0.4, -0.2) is 56.9 Å². The normalized spacial score (nSPS) is 49.2. The topological polar surface area (TPSA) is 90.2 Å². The molecule has 1 heterocycles. The third-order valence-corrected chi connectivity index (χ3v) is 2.29. The standard InChI is InChI=1S/C6H12O5S/c7-1-2-3(8)4(9)5(10)6(12)11-2/h2-10,12H,1H2/t2-,3-,4-,5+,6-/m1/s1. The maximum Gasteiger partial charge on any atom is 0.129 e. The maximum atomic E-state index is 9.20. The fourth-order valence-electron chi connectivity index (χ4n) is 1.08. The number of aliphatic hydroxyl groups is 4. The molecule has 0 bridgehead atoms. The van der Waals surface area contributed by atoms with E-state index in [0.29, 0.717) is 0 Å². The first-order valence-electron chi connectivity index (χ1n) is 3.56. The van der Waals surface area contributed by atoms with E-state index >= 15 is 0 Å². The average Bonchev–Trinajstić information content (AvgIpc) is 2.08. The maximum absolute atomic E-state index is 9.20. The Morgan fingerprint density at radius 1 is 1.08 bits per heavy atom.